The minimum atomic E-state index is -0.115. The van der Waals surface area contributed by atoms with Crippen LogP contribution < -0.4 is 20.1 Å². The van der Waals surface area contributed by atoms with E-state index in [0.29, 0.717) is 29.0 Å². The minimum Gasteiger partial charge on any atom is -0.493 e. The summed E-state index contributed by atoms with van der Waals surface area (Å²) in [6, 6.07) is 11.6. The van der Waals surface area contributed by atoms with Crippen LogP contribution in [0.1, 0.15) is 50.7 Å². The molecule has 146 valence electrons. The fraction of sp³-hybridized carbons (Fsp3) is 0.409. The molecule has 0 aromatic heterocycles. The maximum atomic E-state index is 12.5. The third kappa shape index (κ3) is 5.16. The average Bonchev–Trinajstić information content (AvgIpc) is 2.65. The number of carbonyl (C=O) groups excluding carboxylic acids is 1. The third-order valence-corrected chi connectivity index (χ3v) is 4.47. The van der Waals surface area contributed by atoms with E-state index in [-0.39, 0.29) is 12.5 Å². The van der Waals surface area contributed by atoms with E-state index in [9.17, 15) is 4.79 Å². The molecule has 2 N–H and O–H groups in total. The summed E-state index contributed by atoms with van der Waals surface area (Å²) >= 11 is 0. The van der Waals surface area contributed by atoms with Gasteiger partial charge in [-0.05, 0) is 35.1 Å². The summed E-state index contributed by atoms with van der Waals surface area (Å²) in [5, 5.41) is 6.25. The zero-order valence-electron chi connectivity index (χ0n) is 17.1. The monoisotopic (exact) mass is 370 g/mol. The van der Waals surface area contributed by atoms with E-state index >= 15 is 0 Å². The van der Waals surface area contributed by atoms with Gasteiger partial charge in [-0.3, -0.25) is 4.79 Å². The van der Waals surface area contributed by atoms with Gasteiger partial charge < -0.3 is 20.1 Å². The Balaban J connectivity index is 2.12. The second-order valence-electron chi connectivity index (χ2n) is 7.09. The number of rotatable bonds is 8. The molecule has 0 fully saturated rings. The van der Waals surface area contributed by atoms with Crippen molar-refractivity contribution in [2.75, 3.05) is 31.4 Å². The van der Waals surface area contributed by atoms with Crippen LogP contribution in [0.2, 0.25) is 0 Å². The molecule has 0 heterocycles. The second kappa shape index (κ2) is 9.31. The van der Waals surface area contributed by atoms with E-state index in [1.807, 2.05) is 0 Å². The van der Waals surface area contributed by atoms with Gasteiger partial charge in [-0.2, -0.15) is 0 Å². The Kier molecular flexibility index (Phi) is 7.11. The lowest BCUT2D eigenvalue weighted by molar-refractivity contribution is -0.114. The molecular weight excluding hydrogens is 340 g/mol. The molecule has 0 radical (unpaired) electrons. The number of ether oxygens (including phenoxy) is 2. The van der Waals surface area contributed by atoms with Crippen molar-refractivity contribution in [2.24, 2.45) is 0 Å². The number of benzene rings is 2. The smallest absolute Gasteiger partial charge is 0.243 e. The van der Waals surface area contributed by atoms with Crippen LogP contribution >= 0.6 is 0 Å². The first-order chi connectivity index (χ1) is 12.9. The summed E-state index contributed by atoms with van der Waals surface area (Å²) in [6.45, 7) is 8.84. The van der Waals surface area contributed by atoms with Crippen LogP contribution in [0.4, 0.5) is 11.4 Å². The number of carbonyl (C=O) groups is 1. The first kappa shape index (κ1) is 20.6. The Morgan fingerprint density at radius 3 is 2.04 bits per heavy atom. The van der Waals surface area contributed by atoms with Crippen molar-refractivity contribution in [1.29, 1.82) is 0 Å². The summed E-state index contributed by atoms with van der Waals surface area (Å²) in [6.07, 6.45) is 0. The quantitative estimate of drug-likeness (QED) is 0.686. The van der Waals surface area contributed by atoms with Crippen LogP contribution in [0, 0.1) is 0 Å². The van der Waals surface area contributed by atoms with Crippen molar-refractivity contribution in [3.05, 3.63) is 47.5 Å². The molecule has 0 saturated carbocycles. The van der Waals surface area contributed by atoms with Crippen molar-refractivity contribution >= 4 is 17.3 Å². The predicted molar refractivity (Wildman–Crippen MR) is 111 cm³/mol. The van der Waals surface area contributed by atoms with E-state index in [1.54, 1.807) is 32.4 Å². The van der Waals surface area contributed by atoms with E-state index < -0.39 is 0 Å². The van der Waals surface area contributed by atoms with Gasteiger partial charge in [-0.15, -0.1) is 0 Å². The molecule has 0 bridgehead atoms. The highest BCUT2D eigenvalue weighted by Crippen LogP contribution is 2.32. The maximum Gasteiger partial charge on any atom is 0.243 e. The SMILES string of the molecule is COc1ccc(NC(=O)CNc2c(C(C)C)cccc2C(C)C)cc1OC. The molecule has 0 aliphatic heterocycles. The van der Waals surface area contributed by atoms with Gasteiger partial charge in [0.1, 0.15) is 0 Å². The first-order valence-electron chi connectivity index (χ1n) is 9.25. The molecule has 5 heteroatoms. The van der Waals surface area contributed by atoms with Gasteiger partial charge in [0.05, 0.1) is 20.8 Å². The molecule has 0 spiro atoms. The van der Waals surface area contributed by atoms with Crippen LogP contribution in [0.25, 0.3) is 0 Å². The van der Waals surface area contributed by atoms with Crippen molar-refractivity contribution < 1.29 is 14.3 Å². The largest absolute Gasteiger partial charge is 0.493 e. The van der Waals surface area contributed by atoms with E-state index in [4.69, 9.17) is 9.47 Å². The van der Waals surface area contributed by atoms with Gasteiger partial charge >= 0.3 is 0 Å². The zero-order valence-corrected chi connectivity index (χ0v) is 17.1. The van der Waals surface area contributed by atoms with Gasteiger partial charge in [0.2, 0.25) is 5.91 Å². The predicted octanol–water partition coefficient (Wildman–Crippen LogP) is 5.00. The highest BCUT2D eigenvalue weighted by molar-refractivity contribution is 5.94. The first-order valence-corrected chi connectivity index (χ1v) is 9.25. The van der Waals surface area contributed by atoms with Gasteiger partial charge in [-0.1, -0.05) is 45.9 Å². The molecule has 2 rings (SSSR count). The van der Waals surface area contributed by atoms with Crippen LogP contribution in [0.5, 0.6) is 11.5 Å². The fourth-order valence-corrected chi connectivity index (χ4v) is 3.04. The third-order valence-electron chi connectivity index (χ3n) is 4.47. The molecule has 0 aliphatic rings. The van der Waals surface area contributed by atoms with E-state index in [1.165, 1.54) is 11.1 Å². The zero-order chi connectivity index (χ0) is 20.0. The Morgan fingerprint density at radius 1 is 0.926 bits per heavy atom. The molecule has 27 heavy (non-hydrogen) atoms. The Labute approximate surface area is 162 Å². The molecule has 2 aromatic carbocycles. The molecule has 0 atom stereocenters. The van der Waals surface area contributed by atoms with Crippen LogP contribution in [0.15, 0.2) is 36.4 Å². The highest BCUT2D eigenvalue weighted by atomic mass is 16.5. The second-order valence-corrected chi connectivity index (χ2v) is 7.09. The van der Waals surface area contributed by atoms with E-state index in [2.05, 4.69) is 56.5 Å². The molecule has 0 aliphatic carbocycles. The number of hydrogen-bond donors (Lipinski definition) is 2. The van der Waals surface area contributed by atoms with Gasteiger partial charge in [0.15, 0.2) is 11.5 Å². The fourth-order valence-electron chi connectivity index (χ4n) is 3.04. The Bertz CT molecular complexity index is 759. The van der Waals surface area contributed by atoms with Crippen molar-refractivity contribution in [1.82, 2.24) is 0 Å². The number of hydrogen-bond acceptors (Lipinski definition) is 4. The molecule has 0 saturated heterocycles. The lowest BCUT2D eigenvalue weighted by Gasteiger charge is -2.20. The summed E-state index contributed by atoms with van der Waals surface area (Å²) in [5.41, 5.74) is 4.17. The van der Waals surface area contributed by atoms with Crippen molar-refractivity contribution in [2.45, 2.75) is 39.5 Å². The number of anilines is 2. The topological polar surface area (TPSA) is 59.6 Å². The van der Waals surface area contributed by atoms with Crippen LogP contribution in [0.3, 0.4) is 0 Å². The van der Waals surface area contributed by atoms with Crippen molar-refractivity contribution in [3.8, 4) is 11.5 Å². The maximum absolute atomic E-state index is 12.5. The summed E-state index contributed by atoms with van der Waals surface area (Å²) in [7, 11) is 3.15. The molecule has 0 unspecified atom stereocenters. The van der Waals surface area contributed by atoms with Crippen LogP contribution in [-0.2, 0) is 4.79 Å². The molecule has 1 amide bonds. The van der Waals surface area contributed by atoms with Crippen LogP contribution in [-0.4, -0.2) is 26.7 Å². The average molecular weight is 370 g/mol. The normalized spacial score (nSPS) is 10.8. The standard InChI is InChI=1S/C22H30N2O3/c1-14(2)17-8-7-9-18(15(3)4)22(17)23-13-21(25)24-16-10-11-19(26-5)20(12-16)27-6/h7-12,14-15,23H,13H2,1-6H3,(H,24,25). The molecule has 2 aromatic rings. The van der Waals surface area contributed by atoms with Gasteiger partial charge in [-0.25, -0.2) is 0 Å². The molecular formula is C22H30N2O3. The summed E-state index contributed by atoms with van der Waals surface area (Å²) in [4.78, 5) is 12.5. The lowest BCUT2D eigenvalue weighted by atomic mass is 9.92. The van der Waals surface area contributed by atoms with Gasteiger partial charge in [0.25, 0.3) is 0 Å². The number of nitrogens with one attached hydrogen (secondary N) is 2. The Morgan fingerprint density at radius 2 is 1.52 bits per heavy atom. The van der Waals surface area contributed by atoms with Gasteiger partial charge in [0, 0.05) is 17.4 Å². The van der Waals surface area contributed by atoms with E-state index in [0.717, 1.165) is 5.69 Å². The summed E-state index contributed by atoms with van der Waals surface area (Å²) < 4.78 is 10.5. The van der Waals surface area contributed by atoms with Crippen molar-refractivity contribution in [3.63, 3.8) is 0 Å². The number of para-hydroxylation sites is 1. The summed E-state index contributed by atoms with van der Waals surface area (Å²) in [5.74, 6) is 1.84. The Hall–Kier alpha value is -2.69. The lowest BCUT2D eigenvalue weighted by Crippen LogP contribution is -2.23. The highest BCUT2D eigenvalue weighted by Gasteiger charge is 2.15. The number of amides is 1. The minimum absolute atomic E-state index is 0.115. The molecule has 5 nitrogen and oxygen atoms in total. The number of methoxy groups -OCH3 is 2.